The molecule has 2 aromatic heterocycles. The van der Waals surface area contributed by atoms with Gasteiger partial charge in [0.25, 0.3) is 5.91 Å². The second-order valence-electron chi connectivity index (χ2n) is 4.92. The monoisotopic (exact) mass is 409 g/mol. The van der Waals surface area contributed by atoms with Crippen LogP contribution in [0.2, 0.25) is 15.3 Å². The zero-order valence-electron chi connectivity index (χ0n) is 12.9. The number of anilines is 2. The molecule has 4 N–H and O–H groups in total. The standard InChI is InChI=1S/C15H10Cl3N7O/c16-7-2-1-3-8(4-7)22-15-11(13(19)26)14(24-25-15)21-5-9-12(18)23-10(17)6-20-9/h1-6H,(H2,19,26)(H2,22,24,25)/b21-5+. The zero-order valence-corrected chi connectivity index (χ0v) is 15.1. The third-order valence-electron chi connectivity index (χ3n) is 3.12. The number of nitrogens with one attached hydrogen (secondary N) is 2. The van der Waals surface area contributed by atoms with Crippen LogP contribution in [0.4, 0.5) is 17.3 Å². The molecule has 0 aliphatic carbocycles. The molecule has 11 heteroatoms. The maximum atomic E-state index is 11.8. The number of nitrogens with two attached hydrogens (primary N) is 1. The molecule has 8 nitrogen and oxygen atoms in total. The maximum Gasteiger partial charge on any atom is 0.256 e. The first-order valence-corrected chi connectivity index (χ1v) is 8.20. The number of benzene rings is 1. The van der Waals surface area contributed by atoms with E-state index in [1.54, 1.807) is 24.3 Å². The minimum Gasteiger partial charge on any atom is -0.365 e. The maximum absolute atomic E-state index is 11.8. The molecule has 1 amide bonds. The molecule has 132 valence electrons. The summed E-state index contributed by atoms with van der Waals surface area (Å²) in [6.45, 7) is 0. The summed E-state index contributed by atoms with van der Waals surface area (Å²) in [5.41, 5.74) is 6.42. The number of H-pyrrole nitrogens is 1. The predicted molar refractivity (Wildman–Crippen MR) is 101 cm³/mol. The largest absolute Gasteiger partial charge is 0.365 e. The third kappa shape index (κ3) is 4.10. The number of nitrogens with zero attached hydrogens (tertiary/aromatic N) is 4. The van der Waals surface area contributed by atoms with Crippen molar-refractivity contribution in [1.29, 1.82) is 0 Å². The van der Waals surface area contributed by atoms with E-state index in [-0.39, 0.29) is 33.2 Å². The van der Waals surface area contributed by atoms with Crippen LogP contribution in [-0.4, -0.2) is 32.3 Å². The molecular formula is C15H10Cl3N7O. The Labute approximate surface area is 162 Å². The molecule has 3 rings (SSSR count). The van der Waals surface area contributed by atoms with Crippen LogP contribution < -0.4 is 11.1 Å². The van der Waals surface area contributed by atoms with Crippen LogP contribution in [0.1, 0.15) is 16.1 Å². The molecule has 0 spiro atoms. The van der Waals surface area contributed by atoms with Crippen molar-refractivity contribution in [2.45, 2.75) is 0 Å². The van der Waals surface area contributed by atoms with Gasteiger partial charge in [0.1, 0.15) is 16.4 Å². The summed E-state index contributed by atoms with van der Waals surface area (Å²) < 4.78 is 0. The number of hydrogen-bond acceptors (Lipinski definition) is 6. The average Bonchev–Trinajstić information content (AvgIpc) is 2.97. The lowest BCUT2D eigenvalue weighted by Crippen LogP contribution is -2.12. The Bertz CT molecular complexity index is 1000. The highest BCUT2D eigenvalue weighted by Crippen LogP contribution is 2.27. The van der Waals surface area contributed by atoms with E-state index in [0.717, 1.165) is 0 Å². The SMILES string of the molecule is NC(=O)c1c(Nc2cccc(Cl)c2)n[nH]c1/N=C/c1ncc(Cl)nc1Cl. The van der Waals surface area contributed by atoms with Crippen molar-refractivity contribution in [2.75, 3.05) is 5.32 Å². The molecular weight excluding hydrogens is 401 g/mol. The highest BCUT2D eigenvalue weighted by Gasteiger charge is 2.18. The summed E-state index contributed by atoms with van der Waals surface area (Å²) in [4.78, 5) is 23.8. The number of hydrogen-bond donors (Lipinski definition) is 3. The molecule has 0 unspecified atom stereocenters. The number of rotatable bonds is 5. The van der Waals surface area contributed by atoms with E-state index < -0.39 is 5.91 Å². The number of aromatic amines is 1. The van der Waals surface area contributed by atoms with E-state index in [2.05, 4.69) is 30.5 Å². The van der Waals surface area contributed by atoms with Gasteiger partial charge in [0.15, 0.2) is 16.8 Å². The lowest BCUT2D eigenvalue weighted by atomic mass is 10.2. The quantitative estimate of drug-likeness (QED) is 0.553. The normalized spacial score (nSPS) is 11.0. The van der Waals surface area contributed by atoms with Crippen LogP contribution in [0.25, 0.3) is 0 Å². The van der Waals surface area contributed by atoms with E-state index in [0.29, 0.717) is 10.7 Å². The molecule has 1 aromatic carbocycles. The lowest BCUT2D eigenvalue weighted by molar-refractivity contribution is 0.100. The molecule has 0 bridgehead atoms. The smallest absolute Gasteiger partial charge is 0.256 e. The first kappa shape index (κ1) is 18.1. The summed E-state index contributed by atoms with van der Waals surface area (Å²) in [5, 5.41) is 10.4. The van der Waals surface area contributed by atoms with Gasteiger partial charge in [-0.25, -0.2) is 15.0 Å². The highest BCUT2D eigenvalue weighted by molar-refractivity contribution is 6.33. The fourth-order valence-electron chi connectivity index (χ4n) is 2.02. The Morgan fingerprint density at radius 3 is 2.81 bits per heavy atom. The molecule has 0 aliphatic heterocycles. The number of halogens is 3. The zero-order chi connectivity index (χ0) is 18.7. The fourth-order valence-corrected chi connectivity index (χ4v) is 2.58. The van der Waals surface area contributed by atoms with Crippen LogP contribution in [0, 0.1) is 0 Å². The minimum absolute atomic E-state index is 0.0682. The number of carbonyl (C=O) groups excluding carboxylic acids is 1. The van der Waals surface area contributed by atoms with Crippen molar-refractivity contribution in [3.05, 3.63) is 57.0 Å². The van der Waals surface area contributed by atoms with Crippen LogP contribution in [0.3, 0.4) is 0 Å². The Hall–Kier alpha value is -2.68. The third-order valence-corrected chi connectivity index (χ3v) is 3.82. The van der Waals surface area contributed by atoms with Crippen molar-refractivity contribution in [3.63, 3.8) is 0 Å². The van der Waals surface area contributed by atoms with E-state index in [1.165, 1.54) is 12.4 Å². The van der Waals surface area contributed by atoms with Crippen molar-refractivity contribution in [3.8, 4) is 0 Å². The lowest BCUT2D eigenvalue weighted by Gasteiger charge is -2.04. The van der Waals surface area contributed by atoms with Crippen molar-refractivity contribution in [2.24, 2.45) is 10.7 Å². The second-order valence-corrected chi connectivity index (χ2v) is 6.10. The van der Waals surface area contributed by atoms with E-state index in [9.17, 15) is 4.79 Å². The Balaban J connectivity index is 1.92. The first-order valence-electron chi connectivity index (χ1n) is 7.07. The molecule has 0 saturated heterocycles. The molecule has 0 fully saturated rings. The van der Waals surface area contributed by atoms with Crippen molar-refractivity contribution >= 4 is 64.2 Å². The topological polar surface area (TPSA) is 122 Å². The van der Waals surface area contributed by atoms with Crippen LogP contribution in [-0.2, 0) is 0 Å². The Kier molecular flexibility index (Phi) is 5.36. The van der Waals surface area contributed by atoms with Gasteiger partial charge < -0.3 is 11.1 Å². The van der Waals surface area contributed by atoms with Crippen molar-refractivity contribution < 1.29 is 4.79 Å². The molecule has 0 saturated carbocycles. The first-order chi connectivity index (χ1) is 12.4. The summed E-state index contributed by atoms with van der Waals surface area (Å²) >= 11 is 17.6. The van der Waals surface area contributed by atoms with Gasteiger partial charge in [-0.2, -0.15) is 5.10 Å². The molecule has 26 heavy (non-hydrogen) atoms. The van der Waals surface area contributed by atoms with Gasteiger partial charge in [-0.05, 0) is 18.2 Å². The summed E-state index contributed by atoms with van der Waals surface area (Å²) in [5.74, 6) is -0.376. The predicted octanol–water partition coefficient (Wildman–Crippen LogP) is 3.75. The second kappa shape index (κ2) is 7.69. The Morgan fingerprint density at radius 2 is 2.12 bits per heavy atom. The van der Waals surface area contributed by atoms with Crippen LogP contribution >= 0.6 is 34.8 Å². The van der Waals surface area contributed by atoms with E-state index >= 15 is 0 Å². The van der Waals surface area contributed by atoms with Gasteiger partial charge in [0.05, 0.1) is 12.4 Å². The molecule has 0 atom stereocenters. The molecule has 2 heterocycles. The number of amides is 1. The Morgan fingerprint density at radius 1 is 1.31 bits per heavy atom. The summed E-state index contributed by atoms with van der Waals surface area (Å²) in [6, 6.07) is 6.91. The summed E-state index contributed by atoms with van der Waals surface area (Å²) in [6.07, 6.45) is 2.64. The number of aliphatic imine (C=N–C) groups is 1. The van der Waals surface area contributed by atoms with Gasteiger partial charge >= 0.3 is 0 Å². The number of primary amides is 1. The minimum atomic E-state index is -0.719. The van der Waals surface area contributed by atoms with Crippen LogP contribution in [0.5, 0.6) is 0 Å². The van der Waals surface area contributed by atoms with E-state index in [4.69, 9.17) is 40.5 Å². The van der Waals surface area contributed by atoms with Crippen LogP contribution in [0.15, 0.2) is 35.5 Å². The van der Waals surface area contributed by atoms with Gasteiger partial charge in [-0.15, -0.1) is 0 Å². The number of carbonyl (C=O) groups is 1. The van der Waals surface area contributed by atoms with Gasteiger partial charge in [0.2, 0.25) is 0 Å². The summed E-state index contributed by atoms with van der Waals surface area (Å²) in [7, 11) is 0. The highest BCUT2D eigenvalue weighted by atomic mass is 35.5. The molecule has 3 aromatic rings. The van der Waals surface area contributed by atoms with Gasteiger partial charge in [-0.3, -0.25) is 9.89 Å². The number of aromatic nitrogens is 4. The van der Waals surface area contributed by atoms with Gasteiger partial charge in [0, 0.05) is 10.7 Å². The van der Waals surface area contributed by atoms with E-state index in [1.807, 2.05) is 0 Å². The van der Waals surface area contributed by atoms with Gasteiger partial charge in [-0.1, -0.05) is 40.9 Å². The molecule has 0 aliphatic rings. The van der Waals surface area contributed by atoms with Crippen molar-refractivity contribution in [1.82, 2.24) is 20.2 Å². The fraction of sp³-hybridized carbons (Fsp3) is 0. The molecule has 0 radical (unpaired) electrons. The average molecular weight is 411 g/mol.